The van der Waals surface area contributed by atoms with E-state index in [4.69, 9.17) is 4.74 Å². The summed E-state index contributed by atoms with van der Waals surface area (Å²) in [6, 6.07) is 14.3. The summed E-state index contributed by atoms with van der Waals surface area (Å²) in [6.07, 6.45) is 2.37. The van der Waals surface area contributed by atoms with Crippen LogP contribution in [0.25, 0.3) is 0 Å². The molecule has 0 bridgehead atoms. The molecule has 0 N–H and O–H groups in total. The number of rotatable bonds is 5. The van der Waals surface area contributed by atoms with Gasteiger partial charge in [-0.3, -0.25) is 14.9 Å². The van der Waals surface area contributed by atoms with E-state index in [1.165, 1.54) is 23.3 Å². The number of non-ortho nitro benzene ring substituents is 1. The van der Waals surface area contributed by atoms with Gasteiger partial charge in [0, 0.05) is 12.1 Å². The van der Waals surface area contributed by atoms with Gasteiger partial charge in [0.1, 0.15) is 6.61 Å². The fraction of sp³-hybridized carbons (Fsp3) is 0.278. The van der Waals surface area contributed by atoms with E-state index in [1.807, 2.05) is 12.1 Å². The van der Waals surface area contributed by atoms with Crippen LogP contribution in [0.3, 0.4) is 0 Å². The van der Waals surface area contributed by atoms with Crippen LogP contribution in [-0.2, 0) is 22.6 Å². The highest BCUT2D eigenvalue weighted by Crippen LogP contribution is 2.35. The third-order valence-electron chi connectivity index (χ3n) is 4.22. The van der Waals surface area contributed by atoms with Gasteiger partial charge in [0.25, 0.3) is 5.69 Å². The lowest BCUT2D eigenvalue weighted by molar-refractivity contribution is -0.384. The van der Waals surface area contributed by atoms with E-state index >= 15 is 0 Å². The molecule has 2 aromatic rings. The lowest BCUT2D eigenvalue weighted by Crippen LogP contribution is -2.09. The molecule has 0 radical (unpaired) electrons. The molecule has 0 fully saturated rings. The van der Waals surface area contributed by atoms with Crippen molar-refractivity contribution in [3.8, 4) is 0 Å². The minimum Gasteiger partial charge on any atom is -0.461 e. The molecule has 1 unspecified atom stereocenters. The Kier molecular flexibility index (Phi) is 4.37. The minimum absolute atomic E-state index is 0.0302. The van der Waals surface area contributed by atoms with E-state index in [0.29, 0.717) is 6.42 Å². The lowest BCUT2D eigenvalue weighted by atomic mass is 9.98. The Morgan fingerprint density at radius 1 is 1.17 bits per heavy atom. The van der Waals surface area contributed by atoms with Crippen LogP contribution < -0.4 is 0 Å². The number of hydrogen-bond acceptors (Lipinski definition) is 4. The molecule has 0 spiro atoms. The SMILES string of the molecule is O=C(CC1CCc2ccccc21)OCc1ccc([N+](=O)[O-])cc1. The molecule has 2 aromatic carbocycles. The van der Waals surface area contributed by atoms with Crippen LogP contribution in [0, 0.1) is 10.1 Å². The van der Waals surface area contributed by atoms with Crippen molar-refractivity contribution in [1.29, 1.82) is 0 Å². The van der Waals surface area contributed by atoms with Gasteiger partial charge in [-0.15, -0.1) is 0 Å². The number of fused-ring (bicyclic) bond motifs is 1. The van der Waals surface area contributed by atoms with Crippen LogP contribution in [0.15, 0.2) is 48.5 Å². The fourth-order valence-corrected chi connectivity index (χ4v) is 3.00. The Labute approximate surface area is 134 Å². The van der Waals surface area contributed by atoms with Crippen molar-refractivity contribution in [1.82, 2.24) is 0 Å². The third-order valence-corrected chi connectivity index (χ3v) is 4.22. The molecular weight excluding hydrogens is 294 g/mol. The summed E-state index contributed by atoms with van der Waals surface area (Å²) in [6.45, 7) is 0.144. The molecule has 23 heavy (non-hydrogen) atoms. The van der Waals surface area contributed by atoms with Crippen LogP contribution in [-0.4, -0.2) is 10.9 Å². The summed E-state index contributed by atoms with van der Waals surface area (Å²) in [5.41, 5.74) is 3.35. The topological polar surface area (TPSA) is 69.4 Å². The number of nitrogens with zero attached hydrogens (tertiary/aromatic N) is 1. The van der Waals surface area contributed by atoms with Crippen LogP contribution in [0.4, 0.5) is 5.69 Å². The number of nitro benzene ring substituents is 1. The number of carbonyl (C=O) groups excluding carboxylic acids is 1. The van der Waals surface area contributed by atoms with Gasteiger partial charge in [-0.05, 0) is 47.6 Å². The first-order chi connectivity index (χ1) is 11.1. The van der Waals surface area contributed by atoms with E-state index in [0.717, 1.165) is 18.4 Å². The van der Waals surface area contributed by atoms with Crippen LogP contribution >= 0.6 is 0 Å². The molecule has 0 saturated carbocycles. The molecule has 1 aliphatic carbocycles. The second-order valence-corrected chi connectivity index (χ2v) is 5.72. The zero-order valence-corrected chi connectivity index (χ0v) is 12.6. The van der Waals surface area contributed by atoms with Crippen molar-refractivity contribution >= 4 is 11.7 Å². The van der Waals surface area contributed by atoms with Gasteiger partial charge >= 0.3 is 5.97 Å². The number of hydrogen-bond donors (Lipinski definition) is 0. The monoisotopic (exact) mass is 311 g/mol. The number of benzene rings is 2. The second kappa shape index (κ2) is 6.60. The summed E-state index contributed by atoms with van der Waals surface area (Å²) in [7, 11) is 0. The first kappa shape index (κ1) is 15.2. The van der Waals surface area contributed by atoms with Crippen LogP contribution in [0.5, 0.6) is 0 Å². The number of aryl methyl sites for hydroxylation is 1. The van der Waals surface area contributed by atoms with Gasteiger partial charge in [-0.25, -0.2) is 0 Å². The Morgan fingerprint density at radius 2 is 1.91 bits per heavy atom. The van der Waals surface area contributed by atoms with E-state index < -0.39 is 4.92 Å². The summed E-state index contributed by atoms with van der Waals surface area (Å²) in [4.78, 5) is 22.2. The zero-order chi connectivity index (χ0) is 16.2. The molecule has 1 atom stereocenters. The Hall–Kier alpha value is -2.69. The van der Waals surface area contributed by atoms with Crippen molar-refractivity contribution in [2.75, 3.05) is 0 Å². The third kappa shape index (κ3) is 3.56. The minimum atomic E-state index is -0.451. The maximum atomic E-state index is 12.0. The maximum absolute atomic E-state index is 12.0. The van der Waals surface area contributed by atoms with Crippen molar-refractivity contribution in [3.05, 3.63) is 75.3 Å². The van der Waals surface area contributed by atoms with Crippen molar-refractivity contribution < 1.29 is 14.5 Å². The lowest BCUT2D eigenvalue weighted by Gasteiger charge is -2.11. The molecule has 3 rings (SSSR count). The van der Waals surface area contributed by atoms with E-state index in [-0.39, 0.29) is 24.2 Å². The van der Waals surface area contributed by atoms with Gasteiger partial charge in [0.2, 0.25) is 0 Å². The quantitative estimate of drug-likeness (QED) is 0.479. The largest absolute Gasteiger partial charge is 0.461 e. The zero-order valence-electron chi connectivity index (χ0n) is 12.6. The second-order valence-electron chi connectivity index (χ2n) is 5.72. The van der Waals surface area contributed by atoms with Crippen LogP contribution in [0.1, 0.15) is 35.4 Å². The molecular formula is C18H17NO4. The highest BCUT2D eigenvalue weighted by molar-refractivity contribution is 5.71. The molecule has 0 saturated heterocycles. The Bertz CT molecular complexity index is 724. The van der Waals surface area contributed by atoms with Gasteiger partial charge in [0.05, 0.1) is 11.3 Å². The summed E-state index contributed by atoms with van der Waals surface area (Å²) < 4.78 is 5.30. The number of carbonyl (C=O) groups is 1. The molecule has 0 aromatic heterocycles. The highest BCUT2D eigenvalue weighted by Gasteiger charge is 2.24. The average Bonchev–Trinajstić information content (AvgIpc) is 2.96. The van der Waals surface area contributed by atoms with Crippen molar-refractivity contribution in [2.24, 2.45) is 0 Å². The predicted molar refractivity (Wildman–Crippen MR) is 85.0 cm³/mol. The molecule has 1 aliphatic rings. The molecule has 0 amide bonds. The Morgan fingerprint density at radius 3 is 2.65 bits per heavy atom. The maximum Gasteiger partial charge on any atom is 0.306 e. The van der Waals surface area contributed by atoms with Crippen molar-refractivity contribution in [2.45, 2.75) is 31.8 Å². The molecule has 5 heteroatoms. The normalized spacial score (nSPS) is 15.9. The predicted octanol–water partition coefficient (Wildman–Crippen LogP) is 3.76. The first-order valence-electron chi connectivity index (χ1n) is 7.60. The number of nitro groups is 1. The molecule has 118 valence electrons. The summed E-state index contributed by atoms with van der Waals surface area (Å²) in [5, 5.41) is 10.6. The highest BCUT2D eigenvalue weighted by atomic mass is 16.6. The van der Waals surface area contributed by atoms with Gasteiger partial charge in [-0.2, -0.15) is 0 Å². The number of ether oxygens (including phenoxy) is 1. The van der Waals surface area contributed by atoms with E-state index in [9.17, 15) is 14.9 Å². The van der Waals surface area contributed by atoms with E-state index in [1.54, 1.807) is 12.1 Å². The van der Waals surface area contributed by atoms with Crippen molar-refractivity contribution in [3.63, 3.8) is 0 Å². The molecule has 5 nitrogen and oxygen atoms in total. The molecule has 0 aliphatic heterocycles. The molecule has 0 heterocycles. The number of esters is 1. The van der Waals surface area contributed by atoms with Gasteiger partial charge < -0.3 is 4.74 Å². The average molecular weight is 311 g/mol. The summed E-state index contributed by atoms with van der Waals surface area (Å²) >= 11 is 0. The fourth-order valence-electron chi connectivity index (χ4n) is 3.00. The summed E-state index contributed by atoms with van der Waals surface area (Å²) in [5.74, 6) is 0.000571. The Balaban J connectivity index is 1.53. The van der Waals surface area contributed by atoms with Crippen LogP contribution in [0.2, 0.25) is 0 Å². The smallest absolute Gasteiger partial charge is 0.306 e. The van der Waals surface area contributed by atoms with E-state index in [2.05, 4.69) is 12.1 Å². The first-order valence-corrected chi connectivity index (χ1v) is 7.60. The standard InChI is InChI=1S/C18H17NO4/c20-18(11-15-8-7-14-3-1-2-4-17(14)15)23-12-13-5-9-16(10-6-13)19(21)22/h1-6,9-10,15H,7-8,11-12H2. The van der Waals surface area contributed by atoms with Gasteiger partial charge in [0.15, 0.2) is 0 Å². The van der Waals surface area contributed by atoms with Gasteiger partial charge in [-0.1, -0.05) is 24.3 Å².